The van der Waals surface area contributed by atoms with Crippen molar-refractivity contribution in [2.24, 2.45) is 0 Å². The van der Waals surface area contributed by atoms with E-state index in [9.17, 15) is 9.90 Å². The van der Waals surface area contributed by atoms with Crippen molar-refractivity contribution in [2.75, 3.05) is 31.8 Å². The van der Waals surface area contributed by atoms with Gasteiger partial charge in [0, 0.05) is 23.6 Å². The van der Waals surface area contributed by atoms with Crippen molar-refractivity contribution in [1.82, 2.24) is 24.9 Å². The van der Waals surface area contributed by atoms with Gasteiger partial charge in [0.15, 0.2) is 11.6 Å². The highest BCUT2D eigenvalue weighted by atomic mass is 32.1. The molecule has 1 amide bonds. The first kappa shape index (κ1) is 26.5. The Labute approximate surface area is 236 Å². The Morgan fingerprint density at radius 3 is 2.71 bits per heavy atom. The summed E-state index contributed by atoms with van der Waals surface area (Å²) in [6.07, 6.45) is 2.52. The highest BCUT2D eigenvalue weighted by molar-refractivity contribution is 7.22. The number of fused-ring (bicyclic) bond motifs is 4. The third-order valence-corrected chi connectivity index (χ3v) is 7.64. The molecule has 210 valence electrons. The summed E-state index contributed by atoms with van der Waals surface area (Å²) in [4.78, 5) is 34.8. The van der Waals surface area contributed by atoms with Crippen molar-refractivity contribution in [1.29, 1.82) is 0 Å². The minimum absolute atomic E-state index is 0.00892. The average Bonchev–Trinajstić information content (AvgIpc) is 3.59. The molecule has 0 spiro atoms. The van der Waals surface area contributed by atoms with Gasteiger partial charge in [-0.2, -0.15) is 0 Å². The predicted molar refractivity (Wildman–Crippen MR) is 148 cm³/mol. The Hall–Kier alpha value is -4.69. The normalized spacial score (nSPS) is 14.2. The van der Waals surface area contributed by atoms with Crippen molar-refractivity contribution in [3.8, 4) is 28.2 Å². The molecule has 1 aliphatic rings. The number of aliphatic hydroxyl groups excluding tert-OH is 1. The second kappa shape index (κ2) is 10.7. The lowest BCUT2D eigenvalue weighted by molar-refractivity contribution is 0.189. The Kier molecular flexibility index (Phi) is 6.93. The monoisotopic (exact) mass is 578 g/mol. The van der Waals surface area contributed by atoms with Crippen LogP contribution in [-0.4, -0.2) is 74.2 Å². The smallest absolute Gasteiger partial charge is 0.412 e. The van der Waals surface area contributed by atoms with Gasteiger partial charge in [0.2, 0.25) is 5.88 Å². The number of nitrogens with zero attached hydrogens (tertiary/aromatic N) is 6. The number of hydrogen-bond acceptors (Lipinski definition) is 11. The van der Waals surface area contributed by atoms with Crippen molar-refractivity contribution in [3.63, 3.8) is 0 Å². The number of methoxy groups -OCH3 is 1. The van der Waals surface area contributed by atoms with E-state index in [0.29, 0.717) is 33.0 Å². The number of anilines is 1. The van der Waals surface area contributed by atoms with Crippen LogP contribution < -0.4 is 19.1 Å². The molecule has 0 aliphatic carbocycles. The van der Waals surface area contributed by atoms with Gasteiger partial charge in [0.1, 0.15) is 17.7 Å². The van der Waals surface area contributed by atoms with E-state index in [1.807, 2.05) is 19.1 Å². The van der Waals surface area contributed by atoms with Crippen molar-refractivity contribution >= 4 is 44.4 Å². The van der Waals surface area contributed by atoms with E-state index >= 15 is 4.39 Å². The van der Waals surface area contributed by atoms with E-state index in [-0.39, 0.29) is 43.6 Å². The summed E-state index contributed by atoms with van der Waals surface area (Å²) in [5.41, 5.74) is 4.33. The lowest BCUT2D eigenvalue weighted by atomic mass is 10.1. The predicted octanol–water partition coefficient (Wildman–Crippen LogP) is 4.01. The third-order valence-electron chi connectivity index (χ3n) is 6.47. The minimum atomic E-state index is -1.24. The molecule has 12 nitrogen and oxygen atoms in total. The molecule has 41 heavy (non-hydrogen) atoms. The lowest BCUT2D eigenvalue weighted by Crippen LogP contribution is -2.38. The Bertz CT molecular complexity index is 1780. The maximum atomic E-state index is 15.2. The van der Waals surface area contributed by atoms with Gasteiger partial charge in [-0.15, -0.1) is 11.3 Å². The first-order chi connectivity index (χ1) is 19.8. The Morgan fingerprint density at radius 1 is 1.17 bits per heavy atom. The maximum Gasteiger partial charge on any atom is 0.412 e. The molecule has 3 aromatic heterocycles. The molecule has 0 radical (unpaired) electrons. The van der Waals surface area contributed by atoms with Crippen molar-refractivity contribution in [3.05, 3.63) is 53.7 Å². The van der Waals surface area contributed by atoms with Crippen LogP contribution in [0, 0.1) is 12.7 Å². The van der Waals surface area contributed by atoms with Gasteiger partial charge in [0.05, 0.1) is 65.8 Å². The first-order valence-electron chi connectivity index (χ1n) is 12.5. The fourth-order valence-corrected chi connectivity index (χ4v) is 5.82. The third kappa shape index (κ3) is 5.02. The van der Waals surface area contributed by atoms with E-state index in [4.69, 9.17) is 24.3 Å². The van der Waals surface area contributed by atoms with E-state index in [2.05, 4.69) is 19.9 Å². The number of halogens is 1. The number of carbonyl (C=O) groups is 1. The van der Waals surface area contributed by atoms with Gasteiger partial charge in [-0.3, -0.25) is 4.90 Å². The molecular weight excluding hydrogens is 555 g/mol. The van der Waals surface area contributed by atoms with Crippen LogP contribution in [0.25, 0.3) is 31.8 Å². The molecule has 14 heteroatoms. The van der Waals surface area contributed by atoms with Crippen LogP contribution in [0.3, 0.4) is 0 Å². The number of aromatic nitrogens is 5. The second-order valence-corrected chi connectivity index (χ2v) is 10.3. The van der Waals surface area contributed by atoms with E-state index in [1.165, 1.54) is 36.9 Å². The van der Waals surface area contributed by atoms with Crippen LogP contribution in [0.1, 0.15) is 11.1 Å². The van der Waals surface area contributed by atoms with Crippen molar-refractivity contribution < 1.29 is 33.6 Å². The summed E-state index contributed by atoms with van der Waals surface area (Å²) < 4.78 is 32.2. The molecule has 4 heterocycles. The number of benzene rings is 2. The number of aliphatic hydroxyl groups is 1. The lowest BCUT2D eigenvalue weighted by Gasteiger charge is -2.22. The number of thiazole rings is 1. The van der Waals surface area contributed by atoms with Crippen LogP contribution in [0.2, 0.25) is 0 Å². The molecule has 0 bridgehead atoms. The zero-order chi connectivity index (χ0) is 28.7. The Morgan fingerprint density at radius 2 is 1.98 bits per heavy atom. The molecule has 0 fully saturated rings. The fourth-order valence-electron chi connectivity index (χ4n) is 4.71. The van der Waals surface area contributed by atoms with Gasteiger partial charge in [-0.1, -0.05) is 0 Å². The molecule has 2 N–H and O–H groups in total. The number of carboxylic acid groups (broad SMARTS) is 1. The van der Waals surface area contributed by atoms with E-state index < -0.39 is 18.0 Å². The first-order valence-corrected chi connectivity index (χ1v) is 13.3. The number of hydrogen-bond donors (Lipinski definition) is 2. The van der Waals surface area contributed by atoms with Gasteiger partial charge < -0.3 is 24.4 Å². The summed E-state index contributed by atoms with van der Waals surface area (Å²) in [7, 11) is 1.53. The van der Waals surface area contributed by atoms with E-state index in [0.717, 1.165) is 20.7 Å². The molecular formula is C27H23FN6O6S. The largest absolute Gasteiger partial charge is 0.485 e. The van der Waals surface area contributed by atoms with Crippen LogP contribution in [0.4, 0.5) is 14.9 Å². The molecule has 1 aliphatic heterocycles. The highest BCUT2D eigenvalue weighted by Gasteiger charge is 2.33. The summed E-state index contributed by atoms with van der Waals surface area (Å²) in [6.45, 7) is 1.67. The summed E-state index contributed by atoms with van der Waals surface area (Å²) in [6, 6.07) is 5.21. The van der Waals surface area contributed by atoms with Crippen LogP contribution >= 0.6 is 11.3 Å². The standard InChI is InChI=1S/C27H23FN6O6S/c1-13-5-16(22-19(6-13)32-21(38-2)11-29-22)25-33-20-8-18(28)23-17(24(20)41-25)7-15(40-23)12-34(27(36)37)14-9-30-26(31-10-14)39-4-3-35/h5-6,8-11,15,35H,3-4,7,12H2,1-2H3,(H,36,37)/t15-/m1/s1. The summed E-state index contributed by atoms with van der Waals surface area (Å²) in [5.74, 6) is -0.0823. The van der Waals surface area contributed by atoms with Crippen LogP contribution in [0.5, 0.6) is 17.6 Å². The molecule has 6 rings (SSSR count). The van der Waals surface area contributed by atoms with Gasteiger partial charge in [-0.05, 0) is 24.6 Å². The van der Waals surface area contributed by atoms with E-state index in [1.54, 1.807) is 6.20 Å². The van der Waals surface area contributed by atoms with Gasteiger partial charge in [0.25, 0.3) is 0 Å². The quantitative estimate of drug-likeness (QED) is 0.275. The SMILES string of the molecule is COc1cnc2c(-c3nc4cc(F)c5c(c4s3)C[C@H](CN(C(=O)O)c3cnc(OCCO)nc3)O5)cc(C)cc2n1. The molecule has 0 saturated heterocycles. The second-order valence-electron chi connectivity index (χ2n) is 9.26. The van der Waals surface area contributed by atoms with Crippen LogP contribution in [0.15, 0.2) is 36.8 Å². The topological polar surface area (TPSA) is 153 Å². The molecule has 5 aromatic rings. The molecule has 0 unspecified atom stereocenters. The zero-order valence-electron chi connectivity index (χ0n) is 21.9. The minimum Gasteiger partial charge on any atom is -0.485 e. The zero-order valence-corrected chi connectivity index (χ0v) is 22.7. The highest BCUT2D eigenvalue weighted by Crippen LogP contribution is 2.43. The molecule has 2 aromatic carbocycles. The maximum absolute atomic E-state index is 15.2. The van der Waals surface area contributed by atoms with Gasteiger partial charge in [-0.25, -0.2) is 34.1 Å². The number of rotatable bonds is 8. The summed E-state index contributed by atoms with van der Waals surface area (Å²) in [5, 5.41) is 19.4. The Balaban J connectivity index is 1.31. The number of aryl methyl sites for hydroxylation is 1. The van der Waals surface area contributed by atoms with Crippen molar-refractivity contribution in [2.45, 2.75) is 19.4 Å². The van der Waals surface area contributed by atoms with Gasteiger partial charge >= 0.3 is 12.1 Å². The molecule has 0 saturated carbocycles. The molecule has 1 atom stereocenters. The average molecular weight is 579 g/mol. The number of amides is 1. The van der Waals surface area contributed by atoms with Crippen LogP contribution in [-0.2, 0) is 6.42 Å². The summed E-state index contributed by atoms with van der Waals surface area (Å²) >= 11 is 1.39. The number of ether oxygens (including phenoxy) is 3. The fraction of sp³-hybridized carbons (Fsp3) is 0.259.